The van der Waals surface area contributed by atoms with Gasteiger partial charge in [-0.25, -0.2) is 0 Å². The summed E-state index contributed by atoms with van der Waals surface area (Å²) >= 11 is 7.45. The van der Waals surface area contributed by atoms with Gasteiger partial charge in [0.15, 0.2) is 5.16 Å². The summed E-state index contributed by atoms with van der Waals surface area (Å²) in [6.45, 7) is 2.96. The van der Waals surface area contributed by atoms with E-state index in [4.69, 9.17) is 11.6 Å². The molecular formula is C22H24ClN5OS. The van der Waals surface area contributed by atoms with Gasteiger partial charge in [0.1, 0.15) is 6.33 Å². The molecule has 1 aliphatic heterocycles. The Kier molecular flexibility index (Phi) is 7.04. The maximum absolute atomic E-state index is 12.5. The highest BCUT2D eigenvalue weighted by Gasteiger charge is 2.21. The fourth-order valence-corrected chi connectivity index (χ4v) is 4.53. The first-order chi connectivity index (χ1) is 14.7. The number of halogens is 1. The molecule has 1 aliphatic rings. The van der Waals surface area contributed by atoms with Gasteiger partial charge in [-0.1, -0.05) is 59.8 Å². The second kappa shape index (κ2) is 10.1. The third kappa shape index (κ3) is 5.62. The van der Waals surface area contributed by atoms with Crippen LogP contribution in [0.25, 0.3) is 5.69 Å². The lowest BCUT2D eigenvalue weighted by molar-refractivity contribution is -0.119. The molecule has 1 N–H and O–H groups in total. The molecule has 30 heavy (non-hydrogen) atoms. The maximum atomic E-state index is 12.5. The molecule has 0 saturated carbocycles. The molecule has 3 aromatic rings. The van der Waals surface area contributed by atoms with Crippen molar-refractivity contribution in [3.8, 4) is 5.69 Å². The number of rotatable bonds is 7. The van der Waals surface area contributed by atoms with E-state index < -0.39 is 0 Å². The highest BCUT2D eigenvalue weighted by molar-refractivity contribution is 7.99. The van der Waals surface area contributed by atoms with Crippen LogP contribution in [0, 0.1) is 0 Å². The molecule has 6 nitrogen and oxygen atoms in total. The van der Waals surface area contributed by atoms with E-state index in [2.05, 4.69) is 44.7 Å². The Morgan fingerprint density at radius 2 is 1.93 bits per heavy atom. The Balaban J connectivity index is 1.23. The van der Waals surface area contributed by atoms with Crippen molar-refractivity contribution < 1.29 is 4.79 Å². The Labute approximate surface area is 185 Å². The molecule has 2 heterocycles. The van der Waals surface area contributed by atoms with Crippen LogP contribution in [-0.4, -0.2) is 50.5 Å². The average Bonchev–Trinajstić information content (AvgIpc) is 3.23. The van der Waals surface area contributed by atoms with Gasteiger partial charge in [0.25, 0.3) is 0 Å². The topological polar surface area (TPSA) is 63.1 Å². The number of piperidine rings is 1. The molecule has 1 amide bonds. The standard InChI is InChI=1S/C22H24ClN5OS/c23-18-7-4-8-20(13-18)28-16-24-26-22(28)30-15-21(29)25-19-9-11-27(12-10-19)14-17-5-2-1-3-6-17/h1-8,13,16,19H,9-12,14-15H2,(H,25,29). The molecule has 1 fully saturated rings. The number of hydrogen-bond donors (Lipinski definition) is 1. The molecule has 156 valence electrons. The van der Waals surface area contributed by atoms with Crippen LogP contribution >= 0.6 is 23.4 Å². The van der Waals surface area contributed by atoms with Gasteiger partial charge in [-0.15, -0.1) is 10.2 Å². The van der Waals surface area contributed by atoms with E-state index in [1.165, 1.54) is 17.3 Å². The van der Waals surface area contributed by atoms with Gasteiger partial charge in [0.05, 0.1) is 11.4 Å². The van der Waals surface area contributed by atoms with E-state index in [9.17, 15) is 4.79 Å². The number of carbonyl (C=O) groups excluding carboxylic acids is 1. The van der Waals surface area contributed by atoms with E-state index in [-0.39, 0.29) is 11.9 Å². The summed E-state index contributed by atoms with van der Waals surface area (Å²) in [6, 6.07) is 18.2. The van der Waals surface area contributed by atoms with Crippen molar-refractivity contribution in [3.05, 3.63) is 71.5 Å². The van der Waals surface area contributed by atoms with Crippen molar-refractivity contribution in [1.82, 2.24) is 25.0 Å². The molecule has 0 bridgehead atoms. The van der Waals surface area contributed by atoms with Crippen LogP contribution < -0.4 is 5.32 Å². The third-order valence-electron chi connectivity index (χ3n) is 5.14. The first-order valence-corrected chi connectivity index (χ1v) is 11.4. The largest absolute Gasteiger partial charge is 0.353 e. The SMILES string of the molecule is O=C(CSc1nncn1-c1cccc(Cl)c1)NC1CCN(Cc2ccccc2)CC1. The number of amides is 1. The Bertz CT molecular complexity index is 972. The summed E-state index contributed by atoms with van der Waals surface area (Å²) in [6.07, 6.45) is 3.58. The Morgan fingerprint density at radius 1 is 1.13 bits per heavy atom. The summed E-state index contributed by atoms with van der Waals surface area (Å²) < 4.78 is 1.84. The molecule has 1 saturated heterocycles. The lowest BCUT2D eigenvalue weighted by Crippen LogP contribution is -2.44. The van der Waals surface area contributed by atoms with Gasteiger partial charge in [-0.2, -0.15) is 0 Å². The lowest BCUT2D eigenvalue weighted by Gasteiger charge is -2.32. The van der Waals surface area contributed by atoms with E-state index in [1.54, 1.807) is 6.33 Å². The molecule has 0 unspecified atom stereocenters. The van der Waals surface area contributed by atoms with Crippen LogP contribution in [0.4, 0.5) is 0 Å². The van der Waals surface area contributed by atoms with Crippen LogP contribution in [-0.2, 0) is 11.3 Å². The predicted molar refractivity (Wildman–Crippen MR) is 120 cm³/mol. The minimum Gasteiger partial charge on any atom is -0.353 e. The van der Waals surface area contributed by atoms with Crippen molar-refractivity contribution in [2.75, 3.05) is 18.8 Å². The number of hydrogen-bond acceptors (Lipinski definition) is 5. The molecule has 4 rings (SSSR count). The summed E-state index contributed by atoms with van der Waals surface area (Å²) in [4.78, 5) is 14.9. The number of nitrogens with one attached hydrogen (secondary N) is 1. The van der Waals surface area contributed by atoms with Crippen LogP contribution in [0.5, 0.6) is 0 Å². The minimum absolute atomic E-state index is 0.0298. The second-order valence-electron chi connectivity index (χ2n) is 7.36. The normalized spacial score (nSPS) is 15.2. The highest BCUT2D eigenvalue weighted by atomic mass is 35.5. The molecule has 0 spiro atoms. The summed E-state index contributed by atoms with van der Waals surface area (Å²) in [5.74, 6) is 0.339. The summed E-state index contributed by atoms with van der Waals surface area (Å²) in [7, 11) is 0. The number of likely N-dealkylation sites (tertiary alicyclic amines) is 1. The number of aromatic nitrogens is 3. The summed E-state index contributed by atoms with van der Waals surface area (Å²) in [5.41, 5.74) is 2.21. The first-order valence-electron chi connectivity index (χ1n) is 10.0. The zero-order chi connectivity index (χ0) is 20.8. The van der Waals surface area contributed by atoms with Crippen LogP contribution in [0.3, 0.4) is 0 Å². The second-order valence-corrected chi connectivity index (χ2v) is 8.73. The zero-order valence-corrected chi connectivity index (χ0v) is 18.1. The van der Waals surface area contributed by atoms with Crippen molar-refractivity contribution >= 4 is 29.3 Å². The molecule has 0 radical (unpaired) electrons. The quantitative estimate of drug-likeness (QED) is 0.565. The Hall–Kier alpha value is -2.35. The predicted octanol–water partition coefficient (Wildman–Crippen LogP) is 3.79. The number of nitrogens with zero attached hydrogens (tertiary/aromatic N) is 4. The van der Waals surface area contributed by atoms with Gasteiger partial charge in [-0.05, 0) is 36.6 Å². The summed E-state index contributed by atoms with van der Waals surface area (Å²) in [5, 5.41) is 12.6. The van der Waals surface area contributed by atoms with Crippen molar-refractivity contribution in [2.45, 2.75) is 30.6 Å². The molecular weight excluding hydrogens is 418 g/mol. The monoisotopic (exact) mass is 441 g/mol. The number of carbonyl (C=O) groups is 1. The van der Waals surface area contributed by atoms with Crippen LogP contribution in [0.1, 0.15) is 18.4 Å². The molecule has 2 aromatic carbocycles. The molecule has 0 aliphatic carbocycles. The van der Waals surface area contributed by atoms with Crippen LogP contribution in [0.15, 0.2) is 66.1 Å². The molecule has 1 aromatic heterocycles. The van der Waals surface area contributed by atoms with Gasteiger partial charge in [0, 0.05) is 30.7 Å². The van der Waals surface area contributed by atoms with Gasteiger partial charge in [0.2, 0.25) is 5.91 Å². The molecule has 8 heteroatoms. The van der Waals surface area contributed by atoms with Crippen molar-refractivity contribution in [3.63, 3.8) is 0 Å². The van der Waals surface area contributed by atoms with Crippen LogP contribution in [0.2, 0.25) is 5.02 Å². The van der Waals surface area contributed by atoms with E-state index >= 15 is 0 Å². The highest BCUT2D eigenvalue weighted by Crippen LogP contribution is 2.22. The number of benzene rings is 2. The number of thioether (sulfide) groups is 1. The van der Waals surface area contributed by atoms with Gasteiger partial charge < -0.3 is 5.32 Å². The molecule has 0 atom stereocenters. The van der Waals surface area contributed by atoms with Gasteiger partial charge in [-0.3, -0.25) is 14.3 Å². The average molecular weight is 442 g/mol. The Morgan fingerprint density at radius 3 is 2.70 bits per heavy atom. The maximum Gasteiger partial charge on any atom is 0.230 e. The van der Waals surface area contributed by atoms with E-state index in [0.29, 0.717) is 15.9 Å². The minimum atomic E-state index is 0.0298. The van der Waals surface area contributed by atoms with Crippen molar-refractivity contribution in [2.24, 2.45) is 0 Å². The fourth-order valence-electron chi connectivity index (χ4n) is 3.60. The van der Waals surface area contributed by atoms with E-state index in [1.807, 2.05) is 34.9 Å². The third-order valence-corrected chi connectivity index (χ3v) is 6.32. The zero-order valence-electron chi connectivity index (χ0n) is 16.6. The lowest BCUT2D eigenvalue weighted by atomic mass is 10.0. The fraction of sp³-hybridized carbons (Fsp3) is 0.318. The van der Waals surface area contributed by atoms with Gasteiger partial charge >= 0.3 is 0 Å². The first kappa shape index (κ1) is 20.9. The van der Waals surface area contributed by atoms with E-state index in [0.717, 1.165) is 38.2 Å². The van der Waals surface area contributed by atoms with Crippen molar-refractivity contribution in [1.29, 1.82) is 0 Å². The smallest absolute Gasteiger partial charge is 0.230 e.